The molecule has 0 aliphatic carbocycles. The monoisotopic (exact) mass is 360 g/mol. The lowest BCUT2D eigenvalue weighted by Crippen LogP contribution is -2.55. The van der Waals surface area contributed by atoms with Gasteiger partial charge in [0, 0.05) is 56.0 Å². The van der Waals surface area contributed by atoms with Crippen LogP contribution in [-0.4, -0.2) is 60.1 Å². The minimum absolute atomic E-state index is 0.162. The Labute approximate surface area is 152 Å². The summed E-state index contributed by atoms with van der Waals surface area (Å²) in [5.74, 6) is -0.162. The molecule has 2 fully saturated rings. The van der Waals surface area contributed by atoms with Crippen molar-refractivity contribution in [3.05, 3.63) is 46.7 Å². The Morgan fingerprint density at radius 1 is 1.08 bits per heavy atom. The largest absolute Gasteiger partial charge is 0.369 e. The fourth-order valence-electron chi connectivity index (χ4n) is 3.99. The van der Waals surface area contributed by atoms with Crippen molar-refractivity contribution in [3.63, 3.8) is 0 Å². The van der Waals surface area contributed by atoms with E-state index in [2.05, 4.69) is 25.1 Å². The van der Waals surface area contributed by atoms with E-state index in [1.54, 1.807) is 23.5 Å². The first-order valence-corrected chi connectivity index (χ1v) is 10.0. The molecule has 0 amide bonds. The molecule has 2 aliphatic rings. The topological polar surface area (TPSA) is 22.6 Å². The second kappa shape index (κ2) is 7.81. The van der Waals surface area contributed by atoms with Crippen molar-refractivity contribution >= 4 is 17.0 Å². The van der Waals surface area contributed by atoms with Crippen molar-refractivity contribution in [2.75, 3.05) is 44.2 Å². The zero-order valence-corrected chi connectivity index (χ0v) is 15.3. The molecule has 0 N–H and O–H groups in total. The molecule has 25 heavy (non-hydrogen) atoms. The Bertz CT molecular complexity index is 653. The van der Waals surface area contributed by atoms with Gasteiger partial charge in [0.25, 0.3) is 0 Å². The predicted molar refractivity (Wildman–Crippen MR) is 101 cm³/mol. The minimum Gasteiger partial charge on any atom is -0.369 e. The first-order chi connectivity index (χ1) is 12.3. The molecular weight excluding hydrogens is 335 g/mol. The Kier molecular flexibility index (Phi) is 5.29. The first-order valence-electron chi connectivity index (χ1n) is 9.13. The number of anilines is 1. The SMILES string of the molecule is Fc1ccc(N2CCN(C3CCCN(Cc4nccs4)C3)CC2)cc1. The van der Waals surface area contributed by atoms with E-state index in [4.69, 9.17) is 0 Å². The third kappa shape index (κ3) is 4.19. The molecule has 134 valence electrons. The first kappa shape index (κ1) is 16.9. The molecule has 2 saturated heterocycles. The maximum Gasteiger partial charge on any atom is 0.123 e. The summed E-state index contributed by atoms with van der Waals surface area (Å²) in [6.45, 7) is 7.55. The van der Waals surface area contributed by atoms with E-state index in [0.29, 0.717) is 6.04 Å². The van der Waals surface area contributed by atoms with Gasteiger partial charge >= 0.3 is 0 Å². The molecule has 1 unspecified atom stereocenters. The molecule has 0 spiro atoms. The zero-order valence-electron chi connectivity index (χ0n) is 14.5. The highest BCUT2D eigenvalue weighted by atomic mass is 32.1. The van der Waals surface area contributed by atoms with Gasteiger partial charge in [-0.25, -0.2) is 9.37 Å². The third-order valence-corrected chi connectivity index (χ3v) is 6.11. The summed E-state index contributed by atoms with van der Waals surface area (Å²) in [6.07, 6.45) is 4.47. The maximum atomic E-state index is 13.1. The van der Waals surface area contributed by atoms with Gasteiger partial charge in [0.15, 0.2) is 0 Å². The van der Waals surface area contributed by atoms with Crippen LogP contribution in [0.1, 0.15) is 17.8 Å². The second-order valence-electron chi connectivity index (χ2n) is 6.96. The Balaban J connectivity index is 1.30. The number of rotatable bonds is 4. The van der Waals surface area contributed by atoms with Gasteiger partial charge in [-0.1, -0.05) is 0 Å². The van der Waals surface area contributed by atoms with Crippen LogP contribution in [0.15, 0.2) is 35.8 Å². The molecule has 1 aromatic heterocycles. The number of likely N-dealkylation sites (tertiary alicyclic amines) is 1. The van der Waals surface area contributed by atoms with Crippen molar-refractivity contribution in [1.29, 1.82) is 0 Å². The van der Waals surface area contributed by atoms with Crippen LogP contribution in [0.4, 0.5) is 10.1 Å². The summed E-state index contributed by atoms with van der Waals surface area (Å²) in [6, 6.07) is 7.55. The van der Waals surface area contributed by atoms with Crippen LogP contribution in [0, 0.1) is 5.82 Å². The number of halogens is 1. The molecule has 0 bridgehead atoms. The van der Waals surface area contributed by atoms with Gasteiger partial charge in [-0.2, -0.15) is 0 Å². The van der Waals surface area contributed by atoms with Crippen molar-refractivity contribution in [1.82, 2.24) is 14.8 Å². The average Bonchev–Trinajstić information content (AvgIpc) is 3.16. The maximum absolute atomic E-state index is 13.1. The molecule has 6 heteroatoms. The van der Waals surface area contributed by atoms with E-state index in [1.165, 1.54) is 24.4 Å². The molecule has 1 aromatic carbocycles. The van der Waals surface area contributed by atoms with Crippen LogP contribution in [0.3, 0.4) is 0 Å². The van der Waals surface area contributed by atoms with Gasteiger partial charge in [0.2, 0.25) is 0 Å². The van der Waals surface area contributed by atoms with E-state index in [0.717, 1.165) is 45.0 Å². The smallest absolute Gasteiger partial charge is 0.123 e. The normalized spacial score (nSPS) is 23.1. The number of piperazine rings is 1. The van der Waals surface area contributed by atoms with Crippen molar-refractivity contribution in [2.45, 2.75) is 25.4 Å². The highest BCUT2D eigenvalue weighted by Gasteiger charge is 2.28. The molecule has 4 nitrogen and oxygen atoms in total. The lowest BCUT2D eigenvalue weighted by atomic mass is 10.0. The summed E-state index contributed by atoms with van der Waals surface area (Å²) in [7, 11) is 0. The van der Waals surface area contributed by atoms with Gasteiger partial charge in [-0.05, 0) is 43.7 Å². The quantitative estimate of drug-likeness (QED) is 0.836. The molecule has 2 aliphatic heterocycles. The Morgan fingerprint density at radius 3 is 2.60 bits per heavy atom. The summed E-state index contributed by atoms with van der Waals surface area (Å²) >= 11 is 1.75. The highest BCUT2D eigenvalue weighted by Crippen LogP contribution is 2.22. The van der Waals surface area contributed by atoms with Crippen LogP contribution < -0.4 is 4.90 Å². The number of thiazole rings is 1. The van der Waals surface area contributed by atoms with E-state index >= 15 is 0 Å². The van der Waals surface area contributed by atoms with E-state index in [-0.39, 0.29) is 5.82 Å². The fraction of sp³-hybridized carbons (Fsp3) is 0.526. The molecule has 3 heterocycles. The molecule has 0 radical (unpaired) electrons. The number of benzene rings is 1. The van der Waals surface area contributed by atoms with Gasteiger partial charge in [-0.15, -0.1) is 11.3 Å². The number of aromatic nitrogens is 1. The lowest BCUT2D eigenvalue weighted by molar-refractivity contribution is 0.0887. The van der Waals surface area contributed by atoms with Crippen molar-refractivity contribution in [2.24, 2.45) is 0 Å². The standard InChI is InChI=1S/C19H25FN4S/c20-16-3-5-17(6-4-16)23-9-11-24(12-10-23)18-2-1-8-22(14-18)15-19-21-7-13-25-19/h3-7,13,18H,1-2,8-12,14-15H2. The van der Waals surface area contributed by atoms with Gasteiger partial charge in [0.05, 0.1) is 6.54 Å². The predicted octanol–water partition coefficient (Wildman–Crippen LogP) is 3.07. The Hall–Kier alpha value is -1.50. The van der Waals surface area contributed by atoms with Crippen LogP contribution in [0.2, 0.25) is 0 Å². The van der Waals surface area contributed by atoms with Crippen molar-refractivity contribution < 1.29 is 4.39 Å². The van der Waals surface area contributed by atoms with Crippen molar-refractivity contribution in [3.8, 4) is 0 Å². The second-order valence-corrected chi connectivity index (χ2v) is 7.94. The number of hydrogen-bond acceptors (Lipinski definition) is 5. The number of nitrogens with zero attached hydrogens (tertiary/aromatic N) is 4. The molecular formula is C19H25FN4S. The zero-order chi connectivity index (χ0) is 17.1. The lowest BCUT2D eigenvalue weighted by Gasteiger charge is -2.43. The van der Waals surface area contributed by atoms with Gasteiger partial charge in [0.1, 0.15) is 10.8 Å². The van der Waals surface area contributed by atoms with Crippen LogP contribution in [-0.2, 0) is 6.54 Å². The van der Waals surface area contributed by atoms with E-state index < -0.39 is 0 Å². The highest BCUT2D eigenvalue weighted by molar-refractivity contribution is 7.09. The molecule has 2 aromatic rings. The summed E-state index contributed by atoms with van der Waals surface area (Å²) in [4.78, 5) is 12.0. The van der Waals surface area contributed by atoms with E-state index in [9.17, 15) is 4.39 Å². The summed E-state index contributed by atoms with van der Waals surface area (Å²) in [5.41, 5.74) is 1.13. The number of piperidine rings is 1. The third-order valence-electron chi connectivity index (χ3n) is 5.35. The average molecular weight is 361 g/mol. The van der Waals surface area contributed by atoms with E-state index in [1.807, 2.05) is 18.3 Å². The summed E-state index contributed by atoms with van der Waals surface area (Å²) < 4.78 is 13.1. The molecule has 1 atom stereocenters. The van der Waals surface area contributed by atoms with Crippen LogP contribution in [0.25, 0.3) is 0 Å². The molecule has 0 saturated carbocycles. The van der Waals surface area contributed by atoms with Crippen LogP contribution >= 0.6 is 11.3 Å². The van der Waals surface area contributed by atoms with Crippen LogP contribution in [0.5, 0.6) is 0 Å². The Morgan fingerprint density at radius 2 is 1.88 bits per heavy atom. The molecule has 4 rings (SSSR count). The summed E-state index contributed by atoms with van der Waals surface area (Å²) in [5, 5.41) is 3.28. The van der Waals surface area contributed by atoms with Gasteiger partial charge < -0.3 is 4.90 Å². The fourth-order valence-corrected chi connectivity index (χ4v) is 4.65. The minimum atomic E-state index is -0.162. The van der Waals surface area contributed by atoms with Gasteiger partial charge in [-0.3, -0.25) is 9.80 Å². The number of hydrogen-bond donors (Lipinski definition) is 0.